The minimum Gasteiger partial charge on any atom is -0.487 e. The van der Waals surface area contributed by atoms with Gasteiger partial charge >= 0.3 is 5.97 Å². The van der Waals surface area contributed by atoms with Crippen molar-refractivity contribution in [2.75, 3.05) is 40.1 Å². The molecule has 24 heavy (non-hydrogen) atoms. The molecule has 0 N–H and O–H groups in total. The van der Waals surface area contributed by atoms with Crippen molar-refractivity contribution in [3.63, 3.8) is 0 Å². The standard InChI is InChI=1S/C17H20O7/c1-3-4-20-16-14(23-9-12-7-21-12)5-11(17(18)19-2)6-15(16)24-10-13-8-22-13/h3,5-6,12-13H,1,4,7-10H2,2H3. The average Bonchev–Trinajstić information content (AvgIpc) is 3.49. The molecule has 2 heterocycles. The maximum Gasteiger partial charge on any atom is 0.338 e. The number of epoxide rings is 2. The van der Waals surface area contributed by atoms with E-state index in [-0.39, 0.29) is 18.8 Å². The van der Waals surface area contributed by atoms with Gasteiger partial charge in [-0.2, -0.15) is 0 Å². The molecule has 130 valence electrons. The van der Waals surface area contributed by atoms with Gasteiger partial charge in [0.25, 0.3) is 0 Å². The number of rotatable bonds is 10. The molecule has 0 spiro atoms. The summed E-state index contributed by atoms with van der Waals surface area (Å²) in [4.78, 5) is 11.9. The number of esters is 1. The lowest BCUT2D eigenvalue weighted by atomic mass is 10.2. The van der Waals surface area contributed by atoms with Gasteiger partial charge in [0.2, 0.25) is 5.75 Å². The zero-order valence-corrected chi connectivity index (χ0v) is 13.5. The third-order valence-electron chi connectivity index (χ3n) is 3.44. The van der Waals surface area contributed by atoms with Crippen LogP contribution in [-0.2, 0) is 14.2 Å². The van der Waals surface area contributed by atoms with Crippen LogP contribution in [0.5, 0.6) is 17.2 Å². The summed E-state index contributed by atoms with van der Waals surface area (Å²) in [5.41, 5.74) is 0.321. The van der Waals surface area contributed by atoms with Crippen LogP contribution in [0.2, 0.25) is 0 Å². The SMILES string of the molecule is C=CCOc1c(OCC2CO2)cc(C(=O)OC)cc1OCC1CO1. The van der Waals surface area contributed by atoms with Crippen LogP contribution in [0.4, 0.5) is 0 Å². The highest BCUT2D eigenvalue weighted by atomic mass is 16.6. The van der Waals surface area contributed by atoms with Crippen LogP contribution >= 0.6 is 0 Å². The molecule has 2 atom stereocenters. The summed E-state index contributed by atoms with van der Waals surface area (Å²) in [5, 5.41) is 0. The Morgan fingerprint density at radius 1 is 1.17 bits per heavy atom. The normalized spacial score (nSPS) is 20.9. The lowest BCUT2D eigenvalue weighted by molar-refractivity contribution is 0.0599. The molecule has 1 aromatic carbocycles. The molecule has 2 unspecified atom stereocenters. The van der Waals surface area contributed by atoms with E-state index in [1.54, 1.807) is 18.2 Å². The zero-order valence-electron chi connectivity index (χ0n) is 13.5. The number of hydrogen-bond donors (Lipinski definition) is 0. The second-order valence-corrected chi connectivity index (χ2v) is 5.43. The Labute approximate surface area is 140 Å². The Hall–Kier alpha value is -2.25. The van der Waals surface area contributed by atoms with Gasteiger partial charge in [-0.05, 0) is 12.1 Å². The van der Waals surface area contributed by atoms with E-state index < -0.39 is 5.97 Å². The highest BCUT2D eigenvalue weighted by Gasteiger charge is 2.27. The molecule has 0 bridgehead atoms. The molecule has 7 heteroatoms. The smallest absolute Gasteiger partial charge is 0.338 e. The van der Waals surface area contributed by atoms with E-state index in [1.807, 2.05) is 0 Å². The molecule has 1 aromatic rings. The van der Waals surface area contributed by atoms with Crippen molar-refractivity contribution >= 4 is 5.97 Å². The van der Waals surface area contributed by atoms with Gasteiger partial charge in [0.05, 0.1) is 25.9 Å². The van der Waals surface area contributed by atoms with Gasteiger partial charge < -0.3 is 28.4 Å². The molecule has 3 rings (SSSR count). The number of methoxy groups -OCH3 is 1. The molecule has 0 saturated carbocycles. The first-order chi connectivity index (χ1) is 11.7. The Bertz CT molecular complexity index is 568. The van der Waals surface area contributed by atoms with E-state index in [2.05, 4.69) is 6.58 Å². The second-order valence-electron chi connectivity index (χ2n) is 5.43. The highest BCUT2D eigenvalue weighted by molar-refractivity contribution is 5.91. The van der Waals surface area contributed by atoms with Crippen molar-refractivity contribution < 1.29 is 33.2 Å². The Balaban J connectivity index is 1.87. The van der Waals surface area contributed by atoms with Crippen LogP contribution in [0.3, 0.4) is 0 Å². The fourth-order valence-corrected chi connectivity index (χ4v) is 2.01. The fourth-order valence-electron chi connectivity index (χ4n) is 2.01. The van der Waals surface area contributed by atoms with E-state index in [0.29, 0.717) is 49.2 Å². The van der Waals surface area contributed by atoms with Crippen LogP contribution in [0.1, 0.15) is 10.4 Å². The summed E-state index contributed by atoms with van der Waals surface area (Å²) in [7, 11) is 1.32. The Kier molecular flexibility index (Phi) is 5.22. The number of carbonyl (C=O) groups is 1. The molecule has 0 amide bonds. The minimum absolute atomic E-state index is 0.0725. The van der Waals surface area contributed by atoms with E-state index in [4.69, 9.17) is 28.4 Å². The topological polar surface area (TPSA) is 79.1 Å². The average molecular weight is 336 g/mol. The van der Waals surface area contributed by atoms with Crippen molar-refractivity contribution in [1.82, 2.24) is 0 Å². The maximum absolute atomic E-state index is 11.9. The summed E-state index contributed by atoms with van der Waals surface area (Å²) in [5.74, 6) is 0.748. The molecular weight excluding hydrogens is 316 g/mol. The molecular formula is C17H20O7. The maximum atomic E-state index is 11.9. The first-order valence-electron chi connectivity index (χ1n) is 7.70. The number of hydrogen-bond acceptors (Lipinski definition) is 7. The summed E-state index contributed by atoms with van der Waals surface area (Å²) in [6, 6.07) is 3.15. The van der Waals surface area contributed by atoms with Gasteiger partial charge in [0.15, 0.2) is 11.5 Å². The van der Waals surface area contributed by atoms with Crippen molar-refractivity contribution in [1.29, 1.82) is 0 Å². The largest absolute Gasteiger partial charge is 0.487 e. The first kappa shape index (κ1) is 16.6. The van der Waals surface area contributed by atoms with Gasteiger partial charge in [-0.25, -0.2) is 4.79 Å². The molecule has 2 fully saturated rings. The first-order valence-corrected chi connectivity index (χ1v) is 7.70. The van der Waals surface area contributed by atoms with Gasteiger partial charge in [-0.15, -0.1) is 0 Å². The van der Waals surface area contributed by atoms with Crippen LogP contribution < -0.4 is 14.2 Å². The molecule has 7 nitrogen and oxygen atoms in total. The monoisotopic (exact) mass is 336 g/mol. The van der Waals surface area contributed by atoms with Crippen LogP contribution in [-0.4, -0.2) is 58.3 Å². The molecule has 2 aliphatic rings. The van der Waals surface area contributed by atoms with E-state index >= 15 is 0 Å². The second kappa shape index (κ2) is 7.55. The molecule has 0 aliphatic carbocycles. The zero-order chi connectivity index (χ0) is 16.9. The van der Waals surface area contributed by atoms with Crippen molar-refractivity contribution in [2.24, 2.45) is 0 Å². The minimum atomic E-state index is -0.481. The number of ether oxygens (including phenoxy) is 6. The van der Waals surface area contributed by atoms with Gasteiger partial charge in [-0.1, -0.05) is 12.7 Å². The number of carbonyl (C=O) groups excluding carboxylic acids is 1. The molecule has 0 radical (unpaired) electrons. The van der Waals surface area contributed by atoms with E-state index in [9.17, 15) is 4.79 Å². The van der Waals surface area contributed by atoms with Crippen LogP contribution in [0, 0.1) is 0 Å². The Morgan fingerprint density at radius 2 is 1.71 bits per heavy atom. The summed E-state index contributed by atoms with van der Waals surface area (Å²) in [6.07, 6.45) is 1.77. The highest BCUT2D eigenvalue weighted by Crippen LogP contribution is 2.40. The van der Waals surface area contributed by atoms with E-state index in [1.165, 1.54) is 7.11 Å². The van der Waals surface area contributed by atoms with Gasteiger partial charge in [0, 0.05) is 0 Å². The van der Waals surface area contributed by atoms with Gasteiger partial charge in [-0.3, -0.25) is 0 Å². The van der Waals surface area contributed by atoms with Crippen molar-refractivity contribution in [3.05, 3.63) is 30.4 Å². The third kappa shape index (κ3) is 4.39. The quantitative estimate of drug-likeness (QED) is 0.365. The Morgan fingerprint density at radius 3 is 2.12 bits per heavy atom. The fraction of sp³-hybridized carbons (Fsp3) is 0.471. The lowest BCUT2D eigenvalue weighted by Gasteiger charge is -2.17. The van der Waals surface area contributed by atoms with Crippen molar-refractivity contribution in [2.45, 2.75) is 12.2 Å². The number of benzene rings is 1. The molecule has 2 saturated heterocycles. The predicted molar refractivity (Wildman–Crippen MR) is 83.9 cm³/mol. The molecule has 0 aromatic heterocycles. The lowest BCUT2D eigenvalue weighted by Crippen LogP contribution is -2.11. The predicted octanol–water partition coefficient (Wildman–Crippen LogP) is 1.59. The third-order valence-corrected chi connectivity index (χ3v) is 3.44. The van der Waals surface area contributed by atoms with Crippen LogP contribution in [0.15, 0.2) is 24.8 Å². The van der Waals surface area contributed by atoms with E-state index in [0.717, 1.165) is 0 Å². The van der Waals surface area contributed by atoms with Crippen LogP contribution in [0.25, 0.3) is 0 Å². The summed E-state index contributed by atoms with van der Waals surface area (Å²) >= 11 is 0. The molecule has 2 aliphatic heterocycles. The summed E-state index contributed by atoms with van der Waals surface area (Å²) < 4.78 is 32.3. The van der Waals surface area contributed by atoms with Gasteiger partial charge in [0.1, 0.15) is 32.0 Å². The van der Waals surface area contributed by atoms with Crippen molar-refractivity contribution in [3.8, 4) is 17.2 Å². The summed E-state index contributed by atoms with van der Waals surface area (Å²) in [6.45, 7) is 6.01.